The molecule has 2 aliphatic carbocycles. The molecule has 0 amide bonds. The van der Waals surface area contributed by atoms with Crippen LogP contribution in [0, 0.1) is 22.2 Å². The highest BCUT2D eigenvalue weighted by Crippen LogP contribution is 2.70. The molecule has 0 aromatic heterocycles. The normalized spacial score (nSPS) is 31.4. The second kappa shape index (κ2) is 15.6. The van der Waals surface area contributed by atoms with Crippen LogP contribution in [0.3, 0.4) is 0 Å². The topological polar surface area (TPSA) is 46.2 Å². The minimum atomic E-state index is -2.19. The average Bonchev–Trinajstić information content (AvgIpc) is 3.25. The van der Waals surface area contributed by atoms with E-state index in [9.17, 15) is 0 Å². The molecule has 0 heterocycles. The van der Waals surface area contributed by atoms with Crippen LogP contribution in [0.2, 0.25) is 54.4 Å². The van der Waals surface area contributed by atoms with Gasteiger partial charge in [0.05, 0.1) is 24.1 Å². The SMILES string of the molecule is C=C/C(=C/C[C@@H](O[Si](C)(C)C(C)(C)C)C1[C@]2(C)CC[C@H](OCOC)[C@]2(C)[C@H](O[Si](C)(C)C(C)(C)C)C[C@@]1(C)C=C)O[Si](CC)(CC)CC. The molecule has 7 atom stereocenters. The van der Waals surface area contributed by atoms with Crippen molar-refractivity contribution in [2.75, 3.05) is 13.9 Å². The molecule has 0 spiro atoms. The molecule has 8 heteroatoms. The van der Waals surface area contributed by atoms with Crippen molar-refractivity contribution < 1.29 is 22.8 Å². The lowest BCUT2D eigenvalue weighted by atomic mass is 9.44. The maximum absolute atomic E-state index is 7.64. The lowest BCUT2D eigenvalue weighted by Crippen LogP contribution is -2.66. The van der Waals surface area contributed by atoms with Crippen LogP contribution in [0.15, 0.2) is 37.1 Å². The van der Waals surface area contributed by atoms with E-state index in [1.807, 2.05) is 6.08 Å². The third-order valence-corrected chi connectivity index (χ3v) is 27.8. The summed E-state index contributed by atoms with van der Waals surface area (Å²) < 4.78 is 34.2. The van der Waals surface area contributed by atoms with Crippen molar-refractivity contribution in [3.05, 3.63) is 37.1 Å². The number of hydrogen-bond donors (Lipinski definition) is 0. The molecule has 2 aliphatic rings. The Bertz CT molecular complexity index is 1110. The molecule has 0 aromatic rings. The van der Waals surface area contributed by atoms with Gasteiger partial charge in [-0.25, -0.2) is 0 Å². The van der Waals surface area contributed by atoms with E-state index in [1.165, 1.54) is 0 Å². The van der Waals surface area contributed by atoms with Crippen LogP contribution in [0.4, 0.5) is 0 Å². The fourth-order valence-electron chi connectivity index (χ4n) is 8.47. The van der Waals surface area contributed by atoms with Crippen molar-refractivity contribution in [2.45, 2.75) is 181 Å². The molecule has 0 radical (unpaired) electrons. The summed E-state index contributed by atoms with van der Waals surface area (Å²) in [6.45, 7) is 47.0. The summed E-state index contributed by atoms with van der Waals surface area (Å²) in [5.41, 5.74) is -0.619. The zero-order valence-electron chi connectivity index (χ0n) is 34.7. The van der Waals surface area contributed by atoms with Crippen molar-refractivity contribution in [3.63, 3.8) is 0 Å². The van der Waals surface area contributed by atoms with Crippen LogP contribution in [0.5, 0.6) is 0 Å². The van der Waals surface area contributed by atoms with Crippen molar-refractivity contribution >= 4 is 25.0 Å². The predicted octanol–water partition coefficient (Wildman–Crippen LogP) is 12.3. The zero-order valence-corrected chi connectivity index (χ0v) is 37.7. The van der Waals surface area contributed by atoms with Crippen LogP contribution in [0.1, 0.15) is 109 Å². The smallest absolute Gasteiger partial charge is 0.250 e. The number of allylic oxidation sites excluding steroid dienone is 2. The molecule has 5 nitrogen and oxygen atoms in total. The van der Waals surface area contributed by atoms with Gasteiger partial charge in [0.25, 0.3) is 0 Å². The Labute approximate surface area is 301 Å². The second-order valence-electron chi connectivity index (χ2n) is 18.9. The Morgan fingerprint density at radius 2 is 1.42 bits per heavy atom. The summed E-state index contributed by atoms with van der Waals surface area (Å²) in [6.07, 6.45) is 10.2. The Balaban J connectivity index is 2.86. The standard InChI is InChI=1S/C40H78O5Si3/c1-20-31(43-48(22-3,23-4)24-5)25-26-32(44-46(16,17)36(6,7)8)35-38(12,21-2)29-34(45-47(18,19)37(9,10)11)40(14)33(42-30-41-15)27-28-39(35,40)13/h20-21,25,32-35H,1-2,22-24,26-30H2,3-19H3/b31-25-/t32-,33+,34-,35?,38-,39+,40-/m1/s1. The first-order valence-corrected chi connectivity index (χ1v) is 27.3. The van der Waals surface area contributed by atoms with E-state index in [0.717, 1.165) is 49.6 Å². The highest BCUT2D eigenvalue weighted by atomic mass is 28.4. The van der Waals surface area contributed by atoms with Gasteiger partial charge in [0.2, 0.25) is 8.32 Å². The average molecular weight is 723 g/mol. The van der Waals surface area contributed by atoms with Gasteiger partial charge in [-0.05, 0) is 109 Å². The minimum absolute atomic E-state index is 0.0217. The summed E-state index contributed by atoms with van der Waals surface area (Å²) in [5.74, 6) is 1.11. The third-order valence-electron chi connectivity index (χ3n) is 14.3. The van der Waals surface area contributed by atoms with E-state index in [0.29, 0.717) is 0 Å². The summed E-state index contributed by atoms with van der Waals surface area (Å²) in [4.78, 5) is 0. The Morgan fingerprint density at radius 3 is 1.85 bits per heavy atom. The molecule has 0 aliphatic heterocycles. The zero-order chi connectivity index (χ0) is 37.2. The van der Waals surface area contributed by atoms with Crippen molar-refractivity contribution in [1.29, 1.82) is 0 Å². The molecule has 2 saturated carbocycles. The molecule has 2 rings (SSSR count). The monoisotopic (exact) mass is 723 g/mol. The first kappa shape index (κ1) is 43.7. The van der Waals surface area contributed by atoms with Gasteiger partial charge in [-0.1, -0.05) is 95.7 Å². The number of hydrogen-bond acceptors (Lipinski definition) is 5. The lowest BCUT2D eigenvalue weighted by molar-refractivity contribution is -0.218. The van der Waals surface area contributed by atoms with Gasteiger partial charge in [0.1, 0.15) is 6.79 Å². The Morgan fingerprint density at radius 1 is 0.875 bits per heavy atom. The van der Waals surface area contributed by atoms with Gasteiger partial charge in [0, 0.05) is 12.5 Å². The fourth-order valence-corrected chi connectivity index (χ4v) is 13.8. The molecule has 48 heavy (non-hydrogen) atoms. The van der Waals surface area contributed by atoms with Crippen LogP contribution < -0.4 is 0 Å². The summed E-state index contributed by atoms with van der Waals surface area (Å²) in [5, 5.41) is 0.162. The van der Waals surface area contributed by atoms with E-state index >= 15 is 0 Å². The second-order valence-corrected chi connectivity index (χ2v) is 33.1. The quantitative estimate of drug-likeness (QED) is 0.0492. The molecule has 280 valence electrons. The van der Waals surface area contributed by atoms with E-state index < -0.39 is 25.0 Å². The van der Waals surface area contributed by atoms with Gasteiger partial charge in [0.15, 0.2) is 16.6 Å². The molecule has 0 saturated heterocycles. The molecule has 0 aromatic carbocycles. The van der Waals surface area contributed by atoms with E-state index in [2.05, 4.69) is 135 Å². The maximum Gasteiger partial charge on any atom is 0.250 e. The van der Waals surface area contributed by atoms with Gasteiger partial charge >= 0.3 is 0 Å². The largest absolute Gasteiger partial charge is 0.544 e. The van der Waals surface area contributed by atoms with Gasteiger partial charge in [-0.2, -0.15) is 0 Å². The Hall–Kier alpha value is -0.489. The molecule has 0 bridgehead atoms. The summed E-state index contributed by atoms with van der Waals surface area (Å²) in [6, 6.07) is 3.30. The van der Waals surface area contributed by atoms with Crippen molar-refractivity contribution in [3.8, 4) is 0 Å². The first-order chi connectivity index (χ1) is 21.8. The lowest BCUT2D eigenvalue weighted by Gasteiger charge is -2.65. The molecular weight excluding hydrogens is 645 g/mol. The van der Waals surface area contributed by atoms with Gasteiger partial charge < -0.3 is 22.8 Å². The number of rotatable bonds is 17. The molecule has 2 fully saturated rings. The van der Waals surface area contributed by atoms with E-state index in [-0.39, 0.29) is 57.3 Å². The third kappa shape index (κ3) is 8.42. The van der Waals surface area contributed by atoms with Crippen molar-refractivity contribution in [2.24, 2.45) is 22.2 Å². The minimum Gasteiger partial charge on any atom is -0.544 e. The van der Waals surface area contributed by atoms with Crippen LogP contribution in [-0.4, -0.2) is 57.2 Å². The fraction of sp³-hybridized carbons (Fsp3) is 0.850. The Kier molecular flexibility index (Phi) is 14.2. The number of fused-ring (bicyclic) bond motifs is 1. The molecule has 1 unspecified atom stereocenters. The number of methoxy groups -OCH3 is 1. The maximum atomic E-state index is 7.64. The molecular formula is C40H78O5Si3. The van der Waals surface area contributed by atoms with Crippen LogP contribution >= 0.6 is 0 Å². The van der Waals surface area contributed by atoms with E-state index in [1.54, 1.807) is 7.11 Å². The highest BCUT2D eigenvalue weighted by molar-refractivity contribution is 6.74. The highest BCUT2D eigenvalue weighted by Gasteiger charge is 2.70. The summed E-state index contributed by atoms with van der Waals surface area (Å²) in [7, 11) is -4.47. The van der Waals surface area contributed by atoms with Crippen LogP contribution in [0.25, 0.3) is 0 Å². The van der Waals surface area contributed by atoms with Crippen LogP contribution in [-0.2, 0) is 22.8 Å². The van der Waals surface area contributed by atoms with E-state index in [4.69, 9.17) is 22.8 Å². The summed E-state index contributed by atoms with van der Waals surface area (Å²) >= 11 is 0. The number of ether oxygens (including phenoxy) is 2. The predicted molar refractivity (Wildman–Crippen MR) is 214 cm³/mol. The molecule has 0 N–H and O–H groups in total. The van der Waals surface area contributed by atoms with Crippen molar-refractivity contribution in [1.82, 2.24) is 0 Å². The first-order valence-electron chi connectivity index (χ1n) is 19.0. The van der Waals surface area contributed by atoms with Gasteiger partial charge in [-0.15, -0.1) is 6.58 Å². The van der Waals surface area contributed by atoms with Gasteiger partial charge in [-0.3, -0.25) is 0 Å².